The number of ether oxygens (including phenoxy) is 1. The second-order valence-electron chi connectivity index (χ2n) is 1.07. The number of methoxy groups -OCH3 is 1. The fraction of sp³-hybridized carbons (Fsp3) is 0.750. The van der Waals surface area contributed by atoms with E-state index >= 15 is 0 Å². The van der Waals surface area contributed by atoms with E-state index in [4.69, 9.17) is 5.41 Å². The van der Waals surface area contributed by atoms with Gasteiger partial charge in [0.05, 0.1) is 20.2 Å². The van der Waals surface area contributed by atoms with Crippen LogP contribution in [0, 0.1) is 5.41 Å². The van der Waals surface area contributed by atoms with Crippen molar-refractivity contribution >= 4 is 5.90 Å². The zero-order valence-corrected chi connectivity index (χ0v) is 4.20. The highest BCUT2D eigenvalue weighted by Crippen LogP contribution is 1.82. The number of nitrogens with one attached hydrogen (secondary N) is 1. The molecule has 3 heteroatoms. The Morgan fingerprint density at radius 2 is 2.43 bits per heavy atom. The molecule has 0 aromatic heterocycles. The monoisotopic (exact) mass is 105 g/mol. The van der Waals surface area contributed by atoms with Crippen LogP contribution in [0.4, 0.5) is 4.39 Å². The highest BCUT2D eigenvalue weighted by molar-refractivity contribution is 5.72. The van der Waals surface area contributed by atoms with E-state index in [1.165, 1.54) is 7.11 Å². The van der Waals surface area contributed by atoms with Gasteiger partial charge in [0.2, 0.25) is 0 Å². The fourth-order valence-electron chi connectivity index (χ4n) is 0.188. The number of halogens is 1. The van der Waals surface area contributed by atoms with Crippen LogP contribution in [0.25, 0.3) is 0 Å². The molecule has 0 amide bonds. The fourth-order valence-corrected chi connectivity index (χ4v) is 0.188. The van der Waals surface area contributed by atoms with Crippen molar-refractivity contribution in [3.05, 3.63) is 0 Å². The number of rotatable bonds is 2. The molecule has 0 rings (SSSR count). The number of alkyl halides is 1. The third kappa shape index (κ3) is 3.22. The SMILES string of the molecule is COC(=N)CCF. The van der Waals surface area contributed by atoms with Crippen LogP contribution in [0.2, 0.25) is 0 Å². The molecule has 0 aliphatic rings. The Balaban J connectivity index is 3.00. The molecule has 0 spiro atoms. The Labute approximate surface area is 41.8 Å². The number of hydrogen-bond acceptors (Lipinski definition) is 2. The van der Waals surface area contributed by atoms with Crippen molar-refractivity contribution in [1.82, 2.24) is 0 Å². The van der Waals surface area contributed by atoms with Crippen molar-refractivity contribution in [2.24, 2.45) is 0 Å². The predicted molar refractivity (Wildman–Crippen MR) is 25.3 cm³/mol. The molecule has 0 saturated heterocycles. The first-order valence-electron chi connectivity index (χ1n) is 1.98. The molecule has 0 atom stereocenters. The molecule has 42 valence electrons. The molecule has 0 aromatic rings. The van der Waals surface area contributed by atoms with Crippen LogP contribution in [0.5, 0.6) is 0 Å². The van der Waals surface area contributed by atoms with Crippen LogP contribution in [0.1, 0.15) is 6.42 Å². The van der Waals surface area contributed by atoms with Gasteiger partial charge < -0.3 is 4.74 Å². The van der Waals surface area contributed by atoms with Crippen molar-refractivity contribution in [3.8, 4) is 0 Å². The molecule has 0 aromatic carbocycles. The van der Waals surface area contributed by atoms with Crippen LogP contribution in [0.3, 0.4) is 0 Å². The lowest BCUT2D eigenvalue weighted by Gasteiger charge is -1.94. The minimum Gasteiger partial charge on any atom is -0.484 e. The van der Waals surface area contributed by atoms with Crippen LogP contribution >= 0.6 is 0 Å². The summed E-state index contributed by atoms with van der Waals surface area (Å²) >= 11 is 0. The zero-order chi connectivity index (χ0) is 5.70. The molecule has 0 bridgehead atoms. The first-order valence-corrected chi connectivity index (χ1v) is 1.98. The van der Waals surface area contributed by atoms with Gasteiger partial charge in [0, 0.05) is 0 Å². The van der Waals surface area contributed by atoms with Gasteiger partial charge in [-0.3, -0.25) is 9.80 Å². The lowest BCUT2D eigenvalue weighted by atomic mass is 10.5. The molecule has 0 heterocycles. The quantitative estimate of drug-likeness (QED) is 0.412. The largest absolute Gasteiger partial charge is 0.484 e. The smallest absolute Gasteiger partial charge is 0.182 e. The van der Waals surface area contributed by atoms with Crippen LogP contribution in [0.15, 0.2) is 0 Å². The lowest BCUT2D eigenvalue weighted by molar-refractivity contribution is 0.372. The maximum absolute atomic E-state index is 11.2. The van der Waals surface area contributed by atoms with Gasteiger partial charge in [-0.15, -0.1) is 0 Å². The Bertz CT molecular complexity index is 64.7. The van der Waals surface area contributed by atoms with Crippen molar-refractivity contribution in [2.75, 3.05) is 13.8 Å². The summed E-state index contributed by atoms with van der Waals surface area (Å²) in [6.07, 6.45) is 0.0938. The minimum atomic E-state index is -0.507. The van der Waals surface area contributed by atoms with E-state index in [0.717, 1.165) is 0 Å². The van der Waals surface area contributed by atoms with Gasteiger partial charge in [0.25, 0.3) is 0 Å². The lowest BCUT2D eigenvalue weighted by Crippen LogP contribution is -1.98. The van der Waals surface area contributed by atoms with Crippen LogP contribution in [-0.2, 0) is 4.74 Å². The van der Waals surface area contributed by atoms with Gasteiger partial charge >= 0.3 is 0 Å². The molecule has 0 aliphatic heterocycles. The van der Waals surface area contributed by atoms with Crippen molar-refractivity contribution in [2.45, 2.75) is 6.42 Å². The first-order chi connectivity index (χ1) is 3.31. The predicted octanol–water partition coefficient (Wildman–Crippen LogP) is 0.970. The zero-order valence-electron chi connectivity index (χ0n) is 4.20. The van der Waals surface area contributed by atoms with E-state index in [9.17, 15) is 4.39 Å². The molecule has 7 heavy (non-hydrogen) atoms. The molecule has 1 N–H and O–H groups in total. The Hall–Kier alpha value is -0.600. The average molecular weight is 105 g/mol. The highest BCUT2D eigenvalue weighted by atomic mass is 19.1. The Morgan fingerprint density at radius 1 is 1.86 bits per heavy atom. The highest BCUT2D eigenvalue weighted by Gasteiger charge is 1.89. The van der Waals surface area contributed by atoms with E-state index in [0.29, 0.717) is 0 Å². The average Bonchev–Trinajstić information content (AvgIpc) is 1.68. The van der Waals surface area contributed by atoms with Gasteiger partial charge in [0.1, 0.15) is 0 Å². The molecule has 0 saturated carbocycles. The first kappa shape index (κ1) is 6.40. The summed E-state index contributed by atoms with van der Waals surface area (Å²) in [5.41, 5.74) is 0. The summed E-state index contributed by atoms with van der Waals surface area (Å²) in [5.74, 6) is 0.00231. The maximum atomic E-state index is 11.2. The van der Waals surface area contributed by atoms with E-state index in [1.54, 1.807) is 0 Å². The number of hydrogen-bond donors (Lipinski definition) is 1. The Morgan fingerprint density at radius 3 is 2.57 bits per heavy atom. The van der Waals surface area contributed by atoms with Gasteiger partial charge in [-0.05, 0) is 0 Å². The second kappa shape index (κ2) is 3.59. The van der Waals surface area contributed by atoms with Crippen molar-refractivity contribution in [1.29, 1.82) is 5.41 Å². The van der Waals surface area contributed by atoms with Gasteiger partial charge in [0.15, 0.2) is 5.90 Å². The molecule has 0 radical (unpaired) electrons. The van der Waals surface area contributed by atoms with Gasteiger partial charge in [-0.25, -0.2) is 0 Å². The van der Waals surface area contributed by atoms with Crippen molar-refractivity contribution < 1.29 is 9.13 Å². The summed E-state index contributed by atoms with van der Waals surface area (Å²) in [7, 11) is 1.36. The maximum Gasteiger partial charge on any atom is 0.182 e. The summed E-state index contributed by atoms with van der Waals surface area (Å²) in [4.78, 5) is 0. The van der Waals surface area contributed by atoms with E-state index in [-0.39, 0.29) is 12.3 Å². The van der Waals surface area contributed by atoms with E-state index in [2.05, 4.69) is 4.74 Å². The third-order valence-electron chi connectivity index (χ3n) is 0.568. The summed E-state index contributed by atoms with van der Waals surface area (Å²) in [6.45, 7) is -0.507. The molecule has 0 unspecified atom stereocenters. The summed E-state index contributed by atoms with van der Waals surface area (Å²) < 4.78 is 15.5. The normalized spacial score (nSPS) is 8.29. The van der Waals surface area contributed by atoms with Gasteiger partial charge in [-0.1, -0.05) is 0 Å². The van der Waals surface area contributed by atoms with Crippen LogP contribution < -0.4 is 0 Å². The Kier molecular flexibility index (Phi) is 3.28. The second-order valence-corrected chi connectivity index (χ2v) is 1.07. The van der Waals surface area contributed by atoms with E-state index in [1.807, 2.05) is 0 Å². The standard InChI is InChI=1S/C4H8FNO/c1-7-4(6)2-3-5/h6H,2-3H2,1H3. The van der Waals surface area contributed by atoms with Crippen LogP contribution in [-0.4, -0.2) is 19.7 Å². The summed E-state index contributed by atoms with van der Waals surface area (Å²) in [6, 6.07) is 0. The molecular formula is C4H8FNO. The third-order valence-corrected chi connectivity index (χ3v) is 0.568. The molecule has 0 fully saturated rings. The summed E-state index contributed by atoms with van der Waals surface area (Å²) in [5, 5.41) is 6.68. The molecular weight excluding hydrogens is 97.0 g/mol. The minimum absolute atomic E-state index is 0.00231. The van der Waals surface area contributed by atoms with E-state index < -0.39 is 6.67 Å². The van der Waals surface area contributed by atoms with Crippen molar-refractivity contribution in [3.63, 3.8) is 0 Å². The van der Waals surface area contributed by atoms with Gasteiger partial charge in [-0.2, -0.15) is 0 Å². The molecule has 0 aliphatic carbocycles. The topological polar surface area (TPSA) is 33.1 Å². The molecule has 2 nitrogen and oxygen atoms in total.